The number of hydrazone groups is 1. The van der Waals surface area contributed by atoms with E-state index in [-0.39, 0.29) is 17.0 Å². The maximum atomic E-state index is 14.0. The van der Waals surface area contributed by atoms with E-state index in [1.54, 1.807) is 24.3 Å². The van der Waals surface area contributed by atoms with Crippen molar-refractivity contribution in [2.45, 2.75) is 11.0 Å². The number of ether oxygens (including phenoxy) is 4. The van der Waals surface area contributed by atoms with E-state index in [9.17, 15) is 19.2 Å². The molecule has 3 aliphatic rings. The number of methoxy groups -OCH3 is 4. The van der Waals surface area contributed by atoms with E-state index < -0.39 is 34.8 Å². The predicted molar refractivity (Wildman–Crippen MR) is 129 cm³/mol. The molecule has 188 valence electrons. The highest BCUT2D eigenvalue weighted by atomic mass is 16.5. The molecular weight excluding hydrogens is 480 g/mol. The van der Waals surface area contributed by atoms with Crippen molar-refractivity contribution in [3.05, 3.63) is 83.1 Å². The summed E-state index contributed by atoms with van der Waals surface area (Å²) in [7, 11) is 4.67. The van der Waals surface area contributed by atoms with E-state index in [1.165, 1.54) is 33.5 Å². The lowest BCUT2D eigenvalue weighted by Crippen LogP contribution is -2.62. The van der Waals surface area contributed by atoms with E-state index >= 15 is 0 Å². The standard InChI is InChI=1S/C27H22N2O8/c1-34-22(30)19-13-14-26(25(33)37-4)27(20(23(31)35-2)21(24(32)36-3)29(26)28-19)17-11-7-5-9-15(17)16-10-6-8-12-18(16)27/h5-14H,1-4H3. The fourth-order valence-electron chi connectivity index (χ4n) is 5.70. The number of fused-ring (bicyclic) bond motifs is 7. The largest absolute Gasteiger partial charge is 0.467 e. The van der Waals surface area contributed by atoms with Crippen molar-refractivity contribution < 1.29 is 38.1 Å². The summed E-state index contributed by atoms with van der Waals surface area (Å²) in [5, 5.41) is 5.39. The van der Waals surface area contributed by atoms with Crippen LogP contribution >= 0.6 is 0 Å². The Labute approximate surface area is 211 Å². The second kappa shape index (κ2) is 8.44. The van der Waals surface area contributed by atoms with Crippen molar-refractivity contribution in [1.29, 1.82) is 0 Å². The number of hydrogen-bond donors (Lipinski definition) is 0. The quantitative estimate of drug-likeness (QED) is 0.456. The molecular formula is C27H22N2O8. The van der Waals surface area contributed by atoms with Gasteiger partial charge in [0.2, 0.25) is 0 Å². The highest BCUT2D eigenvalue weighted by Gasteiger charge is 2.74. The average molecular weight is 502 g/mol. The summed E-state index contributed by atoms with van der Waals surface area (Å²) < 4.78 is 20.4. The van der Waals surface area contributed by atoms with Crippen LogP contribution in [-0.4, -0.2) is 68.6 Å². The van der Waals surface area contributed by atoms with Crippen LogP contribution < -0.4 is 0 Å². The number of benzene rings is 2. The Balaban J connectivity index is 2.04. The van der Waals surface area contributed by atoms with Gasteiger partial charge in [0, 0.05) is 0 Å². The lowest BCUT2D eigenvalue weighted by molar-refractivity contribution is -0.153. The molecule has 2 aromatic carbocycles. The number of esters is 4. The third kappa shape index (κ3) is 2.77. The number of nitrogens with zero attached hydrogens (tertiary/aromatic N) is 2. The SMILES string of the molecule is COC(=O)C1=NN2C(C(=O)OC)=C(C(=O)OC)C3(c4ccccc4-c4ccccc43)C2(C(=O)OC)C=C1. The van der Waals surface area contributed by atoms with Crippen LogP contribution in [0.4, 0.5) is 0 Å². The van der Waals surface area contributed by atoms with E-state index in [2.05, 4.69) is 5.10 Å². The van der Waals surface area contributed by atoms with Crippen molar-refractivity contribution in [3.8, 4) is 11.1 Å². The fraction of sp³-hybridized carbons (Fsp3) is 0.222. The Morgan fingerprint density at radius 3 is 1.78 bits per heavy atom. The lowest BCUT2D eigenvalue weighted by atomic mass is 9.60. The first-order valence-corrected chi connectivity index (χ1v) is 11.2. The maximum absolute atomic E-state index is 14.0. The van der Waals surface area contributed by atoms with Crippen molar-refractivity contribution >= 4 is 29.6 Å². The molecule has 2 aromatic rings. The Morgan fingerprint density at radius 2 is 1.27 bits per heavy atom. The topological polar surface area (TPSA) is 121 Å². The Kier molecular flexibility index (Phi) is 5.47. The van der Waals surface area contributed by atoms with Gasteiger partial charge >= 0.3 is 23.9 Å². The number of hydrogen-bond acceptors (Lipinski definition) is 10. The summed E-state index contributed by atoms with van der Waals surface area (Å²) in [5.41, 5.74) is -1.78. The summed E-state index contributed by atoms with van der Waals surface area (Å²) >= 11 is 0. The van der Waals surface area contributed by atoms with Gasteiger partial charge in [0.1, 0.15) is 0 Å². The van der Waals surface area contributed by atoms with Gasteiger partial charge in [-0.1, -0.05) is 48.5 Å². The Bertz CT molecular complexity index is 1420. The average Bonchev–Trinajstić information content (AvgIpc) is 3.40. The molecule has 0 bridgehead atoms. The highest BCUT2D eigenvalue weighted by molar-refractivity contribution is 6.41. The number of rotatable bonds is 4. The number of carbonyl (C=O) groups excluding carboxylic acids is 4. The summed E-state index contributed by atoms with van der Waals surface area (Å²) in [5.74, 6) is -3.49. The van der Waals surface area contributed by atoms with Gasteiger partial charge < -0.3 is 18.9 Å². The summed E-state index contributed by atoms with van der Waals surface area (Å²) in [6, 6.07) is 14.5. The molecule has 10 nitrogen and oxygen atoms in total. The molecule has 2 heterocycles. The molecule has 0 N–H and O–H groups in total. The lowest BCUT2D eigenvalue weighted by Gasteiger charge is -2.45. The van der Waals surface area contributed by atoms with Gasteiger partial charge in [-0.05, 0) is 34.4 Å². The van der Waals surface area contributed by atoms with Crippen LogP contribution in [0.25, 0.3) is 11.1 Å². The van der Waals surface area contributed by atoms with Crippen LogP contribution in [0.2, 0.25) is 0 Å². The smallest absolute Gasteiger partial charge is 0.358 e. The highest BCUT2D eigenvalue weighted by Crippen LogP contribution is 2.65. The first-order chi connectivity index (χ1) is 17.8. The van der Waals surface area contributed by atoms with Gasteiger partial charge in [0.25, 0.3) is 0 Å². The van der Waals surface area contributed by atoms with E-state index in [0.717, 1.165) is 23.2 Å². The second-order valence-electron chi connectivity index (χ2n) is 8.43. The van der Waals surface area contributed by atoms with Crippen LogP contribution in [0.3, 0.4) is 0 Å². The molecule has 0 saturated heterocycles. The zero-order valence-corrected chi connectivity index (χ0v) is 20.4. The summed E-state index contributed by atoms with van der Waals surface area (Å²) in [4.78, 5) is 53.5. The molecule has 37 heavy (non-hydrogen) atoms. The summed E-state index contributed by atoms with van der Waals surface area (Å²) in [6.07, 6.45) is 2.73. The fourth-order valence-corrected chi connectivity index (χ4v) is 5.70. The molecule has 10 heteroatoms. The minimum Gasteiger partial charge on any atom is -0.467 e. The molecule has 1 unspecified atom stereocenters. The zero-order valence-electron chi connectivity index (χ0n) is 20.4. The Morgan fingerprint density at radius 1 is 0.730 bits per heavy atom. The minimum absolute atomic E-state index is 0.177. The molecule has 0 amide bonds. The molecule has 1 aliphatic carbocycles. The molecule has 2 aliphatic heterocycles. The molecule has 1 spiro atoms. The first kappa shape index (κ1) is 24.0. The summed E-state index contributed by atoms with van der Waals surface area (Å²) in [6.45, 7) is 0. The predicted octanol–water partition coefficient (Wildman–Crippen LogP) is 1.88. The van der Waals surface area contributed by atoms with Crippen molar-refractivity contribution in [2.75, 3.05) is 28.4 Å². The van der Waals surface area contributed by atoms with Crippen LogP contribution in [0, 0.1) is 0 Å². The third-order valence-electron chi connectivity index (χ3n) is 7.03. The van der Waals surface area contributed by atoms with Gasteiger partial charge in [0.05, 0.1) is 39.4 Å². The van der Waals surface area contributed by atoms with Gasteiger partial charge in [-0.2, -0.15) is 5.10 Å². The zero-order chi connectivity index (χ0) is 26.5. The molecule has 1 atom stereocenters. The molecule has 0 radical (unpaired) electrons. The molecule has 0 fully saturated rings. The minimum atomic E-state index is -1.95. The van der Waals surface area contributed by atoms with Gasteiger partial charge in [-0.25, -0.2) is 24.2 Å². The third-order valence-corrected chi connectivity index (χ3v) is 7.03. The van der Waals surface area contributed by atoms with Gasteiger partial charge in [0.15, 0.2) is 16.9 Å². The second-order valence-corrected chi connectivity index (χ2v) is 8.43. The molecule has 0 aromatic heterocycles. The van der Waals surface area contributed by atoms with E-state index in [1.807, 2.05) is 24.3 Å². The first-order valence-electron chi connectivity index (χ1n) is 11.2. The molecule has 5 rings (SSSR count). The normalized spacial score (nSPS) is 20.0. The van der Waals surface area contributed by atoms with Gasteiger partial charge in [-0.15, -0.1) is 0 Å². The van der Waals surface area contributed by atoms with Crippen LogP contribution in [0.1, 0.15) is 11.1 Å². The van der Waals surface area contributed by atoms with Crippen molar-refractivity contribution in [1.82, 2.24) is 5.01 Å². The number of carbonyl (C=O) groups is 4. The Hall–Kier alpha value is -4.73. The monoisotopic (exact) mass is 502 g/mol. The maximum Gasteiger partial charge on any atom is 0.358 e. The van der Waals surface area contributed by atoms with Crippen LogP contribution in [-0.2, 0) is 43.5 Å². The van der Waals surface area contributed by atoms with Crippen LogP contribution in [0.15, 0.2) is 77.1 Å². The van der Waals surface area contributed by atoms with Gasteiger partial charge in [-0.3, -0.25) is 0 Å². The van der Waals surface area contributed by atoms with Crippen molar-refractivity contribution in [2.24, 2.45) is 5.10 Å². The molecule has 0 saturated carbocycles. The van der Waals surface area contributed by atoms with E-state index in [0.29, 0.717) is 11.1 Å². The van der Waals surface area contributed by atoms with Crippen LogP contribution in [0.5, 0.6) is 0 Å². The van der Waals surface area contributed by atoms with Crippen molar-refractivity contribution in [3.63, 3.8) is 0 Å². The van der Waals surface area contributed by atoms with E-state index in [4.69, 9.17) is 18.9 Å².